The summed E-state index contributed by atoms with van der Waals surface area (Å²) in [7, 11) is 0. The summed E-state index contributed by atoms with van der Waals surface area (Å²) in [5.74, 6) is 0.499. The number of hydrogen-bond donors (Lipinski definition) is 2. The largest absolute Gasteiger partial charge is 0.371 e. The van der Waals surface area contributed by atoms with Crippen LogP contribution in [-0.2, 0) is 4.74 Å². The summed E-state index contributed by atoms with van der Waals surface area (Å²) in [4.78, 5) is 7.89. The molecule has 2 heterocycles. The number of rotatable bonds is 2. The molecule has 1 aliphatic rings. The van der Waals surface area contributed by atoms with Crippen molar-refractivity contribution in [2.24, 2.45) is 0 Å². The van der Waals surface area contributed by atoms with Gasteiger partial charge in [0.05, 0.1) is 23.7 Å². The van der Waals surface area contributed by atoms with Crippen molar-refractivity contribution in [2.45, 2.75) is 6.10 Å². The van der Waals surface area contributed by atoms with Crippen LogP contribution in [0.4, 0.5) is 4.39 Å². The summed E-state index contributed by atoms with van der Waals surface area (Å²) >= 11 is 0. The summed E-state index contributed by atoms with van der Waals surface area (Å²) < 4.78 is 18.8. The summed E-state index contributed by atoms with van der Waals surface area (Å²) in [6.45, 7) is 2.45. The molecular formula is C17H16FN3O. The summed E-state index contributed by atoms with van der Waals surface area (Å²) in [5, 5.41) is 3.33. The minimum atomic E-state index is -0.246. The Kier molecular flexibility index (Phi) is 3.36. The van der Waals surface area contributed by atoms with E-state index in [-0.39, 0.29) is 11.9 Å². The summed E-state index contributed by atoms with van der Waals surface area (Å²) in [6, 6.07) is 12.5. The Balaban J connectivity index is 1.69. The minimum Gasteiger partial charge on any atom is -0.371 e. The van der Waals surface area contributed by atoms with Crippen molar-refractivity contribution in [1.82, 2.24) is 15.3 Å². The molecular weight excluding hydrogens is 281 g/mol. The number of fused-ring (bicyclic) bond motifs is 1. The van der Waals surface area contributed by atoms with Gasteiger partial charge in [-0.1, -0.05) is 6.07 Å². The van der Waals surface area contributed by atoms with Crippen LogP contribution in [0, 0.1) is 5.82 Å². The number of hydrogen-bond acceptors (Lipinski definition) is 3. The van der Waals surface area contributed by atoms with Gasteiger partial charge >= 0.3 is 0 Å². The van der Waals surface area contributed by atoms with Gasteiger partial charge < -0.3 is 15.0 Å². The number of nitrogens with zero attached hydrogens (tertiary/aromatic N) is 1. The predicted octanol–water partition coefficient (Wildman–Crippen LogP) is 3.03. The smallest absolute Gasteiger partial charge is 0.138 e. The van der Waals surface area contributed by atoms with Crippen LogP contribution in [-0.4, -0.2) is 29.7 Å². The average Bonchev–Trinajstić information content (AvgIpc) is 2.99. The molecule has 1 aliphatic heterocycles. The number of nitrogens with one attached hydrogen (secondary N) is 2. The Morgan fingerprint density at radius 3 is 2.77 bits per heavy atom. The van der Waals surface area contributed by atoms with Crippen LogP contribution in [0.3, 0.4) is 0 Å². The zero-order chi connectivity index (χ0) is 14.9. The fourth-order valence-corrected chi connectivity index (χ4v) is 2.75. The number of morpholine rings is 1. The maximum absolute atomic E-state index is 13.0. The molecule has 0 radical (unpaired) electrons. The van der Waals surface area contributed by atoms with Crippen molar-refractivity contribution in [3.05, 3.63) is 53.8 Å². The normalized spacial score (nSPS) is 18.7. The number of benzene rings is 2. The molecule has 0 bridgehead atoms. The Bertz CT molecular complexity index is 791. The number of H-pyrrole nitrogens is 1. The quantitative estimate of drug-likeness (QED) is 0.764. The maximum Gasteiger partial charge on any atom is 0.138 e. The van der Waals surface area contributed by atoms with Crippen LogP contribution in [0.2, 0.25) is 0 Å². The second kappa shape index (κ2) is 5.51. The molecule has 4 nitrogen and oxygen atoms in total. The van der Waals surface area contributed by atoms with Gasteiger partial charge in [0.25, 0.3) is 0 Å². The lowest BCUT2D eigenvalue weighted by molar-refractivity contribution is 0.0278. The van der Waals surface area contributed by atoms with Gasteiger partial charge in [-0.25, -0.2) is 9.37 Å². The molecule has 2 N–H and O–H groups in total. The topological polar surface area (TPSA) is 49.9 Å². The van der Waals surface area contributed by atoms with Crippen molar-refractivity contribution >= 4 is 11.0 Å². The van der Waals surface area contributed by atoms with Crippen LogP contribution in [0.15, 0.2) is 42.5 Å². The molecule has 1 saturated heterocycles. The van der Waals surface area contributed by atoms with Crippen molar-refractivity contribution in [1.29, 1.82) is 0 Å². The lowest BCUT2D eigenvalue weighted by atomic mass is 10.1. The van der Waals surface area contributed by atoms with E-state index in [1.165, 1.54) is 12.1 Å². The molecule has 112 valence electrons. The van der Waals surface area contributed by atoms with Gasteiger partial charge in [-0.3, -0.25) is 0 Å². The van der Waals surface area contributed by atoms with Crippen LogP contribution in [0.1, 0.15) is 11.7 Å². The van der Waals surface area contributed by atoms with E-state index in [1.807, 2.05) is 6.07 Å². The first kappa shape index (κ1) is 13.4. The minimum absolute atomic E-state index is 0.0733. The molecule has 0 aliphatic carbocycles. The first-order chi connectivity index (χ1) is 10.8. The third-order valence-electron chi connectivity index (χ3n) is 3.92. The Morgan fingerprint density at radius 1 is 1.14 bits per heavy atom. The van der Waals surface area contributed by atoms with Crippen LogP contribution >= 0.6 is 0 Å². The van der Waals surface area contributed by atoms with Crippen molar-refractivity contribution in [2.75, 3.05) is 19.7 Å². The number of ether oxygens (including phenoxy) is 1. The van der Waals surface area contributed by atoms with Crippen molar-refractivity contribution in [3.8, 4) is 11.4 Å². The Morgan fingerprint density at radius 2 is 2.00 bits per heavy atom. The van der Waals surface area contributed by atoms with E-state index in [2.05, 4.69) is 27.4 Å². The molecule has 1 aromatic heterocycles. The van der Waals surface area contributed by atoms with E-state index in [4.69, 9.17) is 4.74 Å². The number of imidazole rings is 1. The fraction of sp³-hybridized carbons (Fsp3) is 0.235. The van der Waals surface area contributed by atoms with Gasteiger partial charge in [-0.05, 0) is 42.0 Å². The fourth-order valence-electron chi connectivity index (χ4n) is 2.75. The molecule has 0 amide bonds. The molecule has 0 unspecified atom stereocenters. The van der Waals surface area contributed by atoms with Gasteiger partial charge in [0.1, 0.15) is 11.6 Å². The third-order valence-corrected chi connectivity index (χ3v) is 3.92. The molecule has 1 atom stereocenters. The van der Waals surface area contributed by atoms with E-state index < -0.39 is 0 Å². The van der Waals surface area contributed by atoms with Crippen LogP contribution in [0.25, 0.3) is 22.4 Å². The van der Waals surface area contributed by atoms with Gasteiger partial charge in [0.2, 0.25) is 0 Å². The zero-order valence-corrected chi connectivity index (χ0v) is 12.0. The second-order valence-corrected chi connectivity index (χ2v) is 5.43. The van der Waals surface area contributed by atoms with Crippen LogP contribution < -0.4 is 5.32 Å². The first-order valence-electron chi connectivity index (χ1n) is 7.37. The predicted molar refractivity (Wildman–Crippen MR) is 83.1 cm³/mol. The number of aromatic nitrogens is 2. The first-order valence-corrected chi connectivity index (χ1v) is 7.37. The Labute approximate surface area is 127 Å². The molecule has 22 heavy (non-hydrogen) atoms. The molecule has 5 heteroatoms. The molecule has 3 aromatic rings. The van der Waals surface area contributed by atoms with E-state index >= 15 is 0 Å². The molecule has 0 saturated carbocycles. The van der Waals surface area contributed by atoms with Crippen molar-refractivity contribution < 1.29 is 9.13 Å². The van der Waals surface area contributed by atoms with Gasteiger partial charge in [0, 0.05) is 18.7 Å². The zero-order valence-electron chi connectivity index (χ0n) is 12.0. The third kappa shape index (κ3) is 2.49. The monoisotopic (exact) mass is 297 g/mol. The molecule has 1 fully saturated rings. The SMILES string of the molecule is Fc1ccc(-c2nc3cc([C@@H]4CNCCO4)ccc3[nH]2)cc1. The molecule has 2 aromatic carbocycles. The van der Waals surface area contributed by atoms with E-state index in [0.717, 1.165) is 47.7 Å². The highest BCUT2D eigenvalue weighted by Crippen LogP contribution is 2.25. The Hall–Kier alpha value is -2.24. The number of halogens is 1. The summed E-state index contributed by atoms with van der Waals surface area (Å²) in [6.07, 6.45) is 0.0733. The van der Waals surface area contributed by atoms with Crippen molar-refractivity contribution in [3.63, 3.8) is 0 Å². The second-order valence-electron chi connectivity index (χ2n) is 5.43. The van der Waals surface area contributed by atoms with E-state index in [1.54, 1.807) is 12.1 Å². The molecule has 4 rings (SSSR count). The van der Waals surface area contributed by atoms with E-state index in [9.17, 15) is 4.39 Å². The standard InChI is InChI=1S/C17H16FN3O/c18-13-4-1-11(2-5-13)17-20-14-6-3-12(9-15(14)21-17)16-10-19-7-8-22-16/h1-6,9,16,19H,7-8,10H2,(H,20,21)/t16-/m0/s1. The summed E-state index contributed by atoms with van der Waals surface area (Å²) in [5.41, 5.74) is 3.85. The maximum atomic E-state index is 13.0. The lowest BCUT2D eigenvalue weighted by Crippen LogP contribution is -2.33. The van der Waals surface area contributed by atoms with Gasteiger partial charge in [-0.15, -0.1) is 0 Å². The van der Waals surface area contributed by atoms with E-state index in [0.29, 0.717) is 0 Å². The highest BCUT2D eigenvalue weighted by Gasteiger charge is 2.16. The van der Waals surface area contributed by atoms with Crippen LogP contribution in [0.5, 0.6) is 0 Å². The van der Waals surface area contributed by atoms with Gasteiger partial charge in [-0.2, -0.15) is 0 Å². The highest BCUT2D eigenvalue weighted by atomic mass is 19.1. The molecule has 0 spiro atoms. The highest BCUT2D eigenvalue weighted by molar-refractivity contribution is 5.80. The average molecular weight is 297 g/mol. The number of aromatic amines is 1. The lowest BCUT2D eigenvalue weighted by Gasteiger charge is -2.23. The van der Waals surface area contributed by atoms with Gasteiger partial charge in [0.15, 0.2) is 0 Å².